The van der Waals surface area contributed by atoms with Crippen molar-refractivity contribution in [3.8, 4) is 0 Å². The molecule has 0 fully saturated rings. The van der Waals surface area contributed by atoms with E-state index in [1.165, 1.54) is 12.1 Å². The molecular weight excluding hydrogens is 310 g/mol. The molecule has 0 spiro atoms. The molecule has 5 nitrogen and oxygen atoms in total. The molecule has 0 atom stereocenters. The molecule has 17 heavy (non-hydrogen) atoms. The van der Waals surface area contributed by atoms with E-state index in [1.54, 1.807) is 13.8 Å². The zero-order chi connectivity index (χ0) is 13.2. The summed E-state index contributed by atoms with van der Waals surface area (Å²) < 4.78 is 26.4. The molecule has 0 radical (unpaired) electrons. The molecule has 94 valence electrons. The van der Waals surface area contributed by atoms with Crippen molar-refractivity contribution in [1.29, 1.82) is 0 Å². The smallest absolute Gasteiger partial charge is 0.241 e. The summed E-state index contributed by atoms with van der Waals surface area (Å²) in [4.78, 5) is 10.6. The van der Waals surface area contributed by atoms with E-state index in [2.05, 4.69) is 20.7 Å². The van der Waals surface area contributed by atoms with Gasteiger partial charge in [-0.05, 0) is 47.5 Å². The van der Waals surface area contributed by atoms with Gasteiger partial charge in [0.05, 0.1) is 10.9 Å². The highest BCUT2D eigenvalue weighted by Crippen LogP contribution is 2.23. The van der Waals surface area contributed by atoms with Crippen LogP contribution in [0.15, 0.2) is 27.6 Å². The van der Waals surface area contributed by atoms with Crippen LogP contribution in [0.5, 0.6) is 0 Å². The van der Waals surface area contributed by atoms with Gasteiger partial charge in [-0.25, -0.2) is 13.1 Å². The predicted octanol–water partition coefficient (Wildman–Crippen LogP) is 0.499. The lowest BCUT2D eigenvalue weighted by Crippen LogP contribution is -2.31. The van der Waals surface area contributed by atoms with Crippen molar-refractivity contribution >= 4 is 31.9 Å². The molecule has 0 aromatic heterocycles. The molecule has 0 amide bonds. The van der Waals surface area contributed by atoms with Crippen molar-refractivity contribution in [2.75, 3.05) is 0 Å². The third kappa shape index (κ3) is 3.52. The van der Waals surface area contributed by atoms with Crippen LogP contribution in [0.3, 0.4) is 0 Å². The zero-order valence-corrected chi connectivity index (χ0v) is 11.6. The van der Waals surface area contributed by atoms with Crippen LogP contribution in [-0.4, -0.2) is 20.4 Å². The van der Waals surface area contributed by atoms with Gasteiger partial charge in [-0.2, -0.15) is 0 Å². The lowest BCUT2D eigenvalue weighted by Gasteiger charge is -2.12. The minimum Gasteiger partial charge on any atom is -0.545 e. The molecule has 1 aromatic rings. The van der Waals surface area contributed by atoms with E-state index in [0.717, 1.165) is 6.07 Å². The summed E-state index contributed by atoms with van der Waals surface area (Å²) in [5, 5.41) is 10.7. The SMILES string of the molecule is CC(C)NS(=O)(=O)c1cc(C(=O)[O-])ccc1Br. The minimum atomic E-state index is -3.73. The summed E-state index contributed by atoms with van der Waals surface area (Å²) >= 11 is 3.07. The number of benzene rings is 1. The Labute approximate surface area is 108 Å². The fraction of sp³-hybridized carbons (Fsp3) is 0.300. The molecule has 0 aliphatic carbocycles. The lowest BCUT2D eigenvalue weighted by molar-refractivity contribution is -0.255. The third-order valence-electron chi connectivity index (χ3n) is 1.85. The topological polar surface area (TPSA) is 86.3 Å². The van der Waals surface area contributed by atoms with E-state index in [9.17, 15) is 18.3 Å². The molecule has 0 unspecified atom stereocenters. The maximum absolute atomic E-state index is 11.9. The number of carboxylic acid groups (broad SMARTS) is 1. The van der Waals surface area contributed by atoms with E-state index < -0.39 is 16.0 Å². The van der Waals surface area contributed by atoms with Crippen LogP contribution in [0.25, 0.3) is 0 Å². The molecule has 1 aromatic carbocycles. The molecule has 0 heterocycles. The van der Waals surface area contributed by atoms with Gasteiger partial charge in [-0.3, -0.25) is 0 Å². The van der Waals surface area contributed by atoms with Gasteiger partial charge in [-0.1, -0.05) is 6.07 Å². The number of carboxylic acids is 1. The van der Waals surface area contributed by atoms with Crippen LogP contribution in [-0.2, 0) is 10.0 Å². The van der Waals surface area contributed by atoms with Crippen LogP contribution < -0.4 is 9.83 Å². The number of carbonyl (C=O) groups is 1. The van der Waals surface area contributed by atoms with Crippen molar-refractivity contribution in [1.82, 2.24) is 4.72 Å². The van der Waals surface area contributed by atoms with Gasteiger partial charge < -0.3 is 9.90 Å². The second-order valence-electron chi connectivity index (χ2n) is 3.71. The second-order valence-corrected chi connectivity index (χ2v) is 6.25. The number of rotatable bonds is 4. The van der Waals surface area contributed by atoms with Crippen molar-refractivity contribution in [2.24, 2.45) is 0 Å². The maximum Gasteiger partial charge on any atom is 0.241 e. The van der Waals surface area contributed by atoms with Gasteiger partial charge in [-0.15, -0.1) is 0 Å². The average Bonchev–Trinajstić information content (AvgIpc) is 2.15. The van der Waals surface area contributed by atoms with E-state index in [4.69, 9.17) is 0 Å². The summed E-state index contributed by atoms with van der Waals surface area (Å²) in [7, 11) is -3.73. The monoisotopic (exact) mass is 320 g/mol. The first-order chi connectivity index (χ1) is 7.74. The Morgan fingerprint density at radius 3 is 2.47 bits per heavy atom. The van der Waals surface area contributed by atoms with E-state index in [1.807, 2.05) is 0 Å². The molecule has 1 rings (SSSR count). The normalized spacial score (nSPS) is 11.8. The standard InChI is InChI=1S/C10H12BrNO4S/c1-6(2)12-17(15,16)9-5-7(10(13)14)3-4-8(9)11/h3-6,12H,1-2H3,(H,13,14)/p-1. The molecule has 0 saturated carbocycles. The van der Waals surface area contributed by atoms with Crippen molar-refractivity contribution < 1.29 is 18.3 Å². The number of hydrogen-bond acceptors (Lipinski definition) is 4. The van der Waals surface area contributed by atoms with E-state index >= 15 is 0 Å². The lowest BCUT2D eigenvalue weighted by atomic mass is 10.2. The summed E-state index contributed by atoms with van der Waals surface area (Å²) in [5.74, 6) is -1.42. The number of aromatic carboxylic acids is 1. The van der Waals surface area contributed by atoms with Crippen LogP contribution in [0, 0.1) is 0 Å². The molecule has 0 aliphatic rings. The number of sulfonamides is 1. The van der Waals surface area contributed by atoms with Gasteiger partial charge in [0.2, 0.25) is 10.0 Å². The largest absolute Gasteiger partial charge is 0.545 e. The third-order valence-corrected chi connectivity index (χ3v) is 4.50. The number of nitrogens with one attached hydrogen (secondary N) is 1. The van der Waals surface area contributed by atoms with Gasteiger partial charge >= 0.3 is 0 Å². The van der Waals surface area contributed by atoms with Crippen molar-refractivity contribution in [2.45, 2.75) is 24.8 Å². The quantitative estimate of drug-likeness (QED) is 0.875. The number of halogens is 1. The highest BCUT2D eigenvalue weighted by Gasteiger charge is 2.19. The molecule has 1 N–H and O–H groups in total. The molecule has 0 bridgehead atoms. The Kier molecular flexibility index (Phi) is 4.29. The molecule has 0 saturated heterocycles. The highest BCUT2D eigenvalue weighted by molar-refractivity contribution is 9.10. The van der Waals surface area contributed by atoms with E-state index in [-0.39, 0.29) is 16.5 Å². The number of carbonyl (C=O) groups excluding carboxylic acids is 1. The van der Waals surface area contributed by atoms with Gasteiger partial charge in [0.1, 0.15) is 0 Å². The fourth-order valence-electron chi connectivity index (χ4n) is 1.21. The number of hydrogen-bond donors (Lipinski definition) is 1. The summed E-state index contributed by atoms with van der Waals surface area (Å²) in [6, 6.07) is 3.41. The summed E-state index contributed by atoms with van der Waals surface area (Å²) in [5.41, 5.74) is -0.183. The first-order valence-electron chi connectivity index (χ1n) is 4.77. The van der Waals surface area contributed by atoms with Crippen LogP contribution in [0.2, 0.25) is 0 Å². The predicted molar refractivity (Wildman–Crippen MR) is 63.9 cm³/mol. The van der Waals surface area contributed by atoms with Crippen molar-refractivity contribution in [3.05, 3.63) is 28.2 Å². The van der Waals surface area contributed by atoms with Crippen LogP contribution >= 0.6 is 15.9 Å². The van der Waals surface area contributed by atoms with Crippen LogP contribution in [0.4, 0.5) is 0 Å². The van der Waals surface area contributed by atoms with Gasteiger partial charge in [0.15, 0.2) is 0 Å². The summed E-state index contributed by atoms with van der Waals surface area (Å²) in [6.07, 6.45) is 0. The second kappa shape index (κ2) is 5.16. The molecular formula is C10H11BrNO4S-. The zero-order valence-electron chi connectivity index (χ0n) is 9.23. The first kappa shape index (κ1) is 14.1. The summed E-state index contributed by atoms with van der Waals surface area (Å²) in [6.45, 7) is 3.35. The molecule has 7 heteroatoms. The first-order valence-corrected chi connectivity index (χ1v) is 7.05. The maximum atomic E-state index is 11.9. The van der Waals surface area contributed by atoms with Crippen molar-refractivity contribution in [3.63, 3.8) is 0 Å². The Morgan fingerprint density at radius 2 is 2.00 bits per heavy atom. The fourth-order valence-corrected chi connectivity index (χ4v) is 3.45. The Balaban J connectivity index is 3.30. The van der Waals surface area contributed by atoms with E-state index in [0.29, 0.717) is 4.47 Å². The van der Waals surface area contributed by atoms with Crippen LogP contribution in [0.1, 0.15) is 24.2 Å². The Bertz CT molecular complexity index is 539. The highest BCUT2D eigenvalue weighted by atomic mass is 79.9. The van der Waals surface area contributed by atoms with Gasteiger partial charge in [0, 0.05) is 10.5 Å². The Hall–Kier alpha value is -0.920. The Morgan fingerprint density at radius 1 is 1.41 bits per heavy atom. The molecule has 0 aliphatic heterocycles. The minimum absolute atomic E-state index is 0.118. The van der Waals surface area contributed by atoms with Gasteiger partial charge in [0.25, 0.3) is 0 Å². The average molecular weight is 321 g/mol.